The molecule has 0 saturated heterocycles. The number of hydrogen-bond donors (Lipinski definition) is 0. The Labute approximate surface area is 161 Å². The zero-order valence-electron chi connectivity index (χ0n) is 15.9. The Balaban J connectivity index is 1.93. The number of allylic oxidation sites excluding steroid dienone is 1. The molecule has 7 nitrogen and oxygen atoms in total. The largest absolute Gasteiger partial charge is 0.452 e. The number of nitrogens with zero attached hydrogens (tertiary/aromatic N) is 1. The van der Waals surface area contributed by atoms with Crippen molar-refractivity contribution in [2.45, 2.75) is 27.7 Å². The number of non-ortho nitro benzene ring substituents is 1. The maximum absolute atomic E-state index is 12.6. The van der Waals surface area contributed by atoms with Crippen molar-refractivity contribution in [2.75, 3.05) is 0 Å². The van der Waals surface area contributed by atoms with Crippen LogP contribution in [0.1, 0.15) is 42.3 Å². The third kappa shape index (κ3) is 3.64. The first-order valence-electron chi connectivity index (χ1n) is 8.62. The molecule has 0 spiro atoms. The van der Waals surface area contributed by atoms with Gasteiger partial charge in [-0.1, -0.05) is 12.1 Å². The molecule has 0 radical (unpaired) electrons. The van der Waals surface area contributed by atoms with Gasteiger partial charge in [0.05, 0.1) is 15.9 Å². The molecule has 7 heteroatoms. The molecule has 0 bridgehead atoms. The lowest BCUT2D eigenvalue weighted by Crippen LogP contribution is -2.25. The molecular weight excluding hydrogens is 362 g/mol. The van der Waals surface area contributed by atoms with Crippen LogP contribution in [0.25, 0.3) is 6.08 Å². The molecule has 28 heavy (non-hydrogen) atoms. The average molecular weight is 381 g/mol. The van der Waals surface area contributed by atoms with Gasteiger partial charge in [0.15, 0.2) is 5.76 Å². The van der Waals surface area contributed by atoms with E-state index in [4.69, 9.17) is 9.47 Å². The third-order valence-corrected chi connectivity index (χ3v) is 4.23. The smallest absolute Gasteiger partial charge is 0.316 e. The first-order chi connectivity index (χ1) is 13.1. The van der Waals surface area contributed by atoms with Crippen LogP contribution in [0.15, 0.2) is 42.2 Å². The van der Waals surface area contributed by atoms with Crippen LogP contribution in [0.5, 0.6) is 11.5 Å². The number of benzene rings is 2. The first kappa shape index (κ1) is 19.3. The molecule has 0 aliphatic carbocycles. The van der Waals surface area contributed by atoms with Gasteiger partial charge in [-0.15, -0.1) is 0 Å². The molecular formula is C21H19NO6. The summed E-state index contributed by atoms with van der Waals surface area (Å²) >= 11 is 0. The number of rotatable bonds is 3. The van der Waals surface area contributed by atoms with Crippen molar-refractivity contribution < 1.29 is 24.0 Å². The van der Waals surface area contributed by atoms with Gasteiger partial charge in [-0.25, -0.2) is 0 Å². The number of esters is 1. The molecule has 0 atom stereocenters. The zero-order valence-corrected chi connectivity index (χ0v) is 15.9. The fourth-order valence-electron chi connectivity index (χ4n) is 2.61. The van der Waals surface area contributed by atoms with Crippen molar-refractivity contribution in [1.29, 1.82) is 0 Å². The van der Waals surface area contributed by atoms with Gasteiger partial charge in [0.25, 0.3) is 5.69 Å². The number of nitro groups is 1. The second-order valence-electron chi connectivity index (χ2n) is 7.50. The minimum Gasteiger partial charge on any atom is -0.452 e. The van der Waals surface area contributed by atoms with Gasteiger partial charge in [0.2, 0.25) is 5.78 Å². The van der Waals surface area contributed by atoms with Crippen molar-refractivity contribution in [1.82, 2.24) is 0 Å². The molecule has 0 saturated carbocycles. The van der Waals surface area contributed by atoms with Crippen molar-refractivity contribution in [3.63, 3.8) is 0 Å². The van der Waals surface area contributed by atoms with E-state index in [0.29, 0.717) is 28.2 Å². The first-order valence-corrected chi connectivity index (χ1v) is 8.62. The number of ketones is 1. The maximum atomic E-state index is 12.6. The Morgan fingerprint density at radius 2 is 1.93 bits per heavy atom. The molecule has 0 unspecified atom stereocenters. The Bertz CT molecular complexity index is 1030. The van der Waals surface area contributed by atoms with Gasteiger partial charge in [0, 0.05) is 17.7 Å². The van der Waals surface area contributed by atoms with Crippen LogP contribution < -0.4 is 9.47 Å². The van der Waals surface area contributed by atoms with Gasteiger partial charge in [-0.3, -0.25) is 19.7 Å². The minimum atomic E-state index is -0.671. The fraction of sp³-hybridized carbons (Fsp3) is 0.238. The Kier molecular flexibility index (Phi) is 4.77. The number of hydrogen-bond acceptors (Lipinski definition) is 6. The topological polar surface area (TPSA) is 95.7 Å². The molecule has 2 aromatic carbocycles. The molecule has 3 rings (SSSR count). The SMILES string of the molecule is Cc1c(OC(=O)C(C)(C)C)ccc2c1O/C(=C\c1cccc([N+](=O)[O-])c1)C2=O. The lowest BCUT2D eigenvalue weighted by Gasteiger charge is -2.17. The fourth-order valence-corrected chi connectivity index (χ4v) is 2.61. The highest BCUT2D eigenvalue weighted by atomic mass is 16.6. The van der Waals surface area contributed by atoms with Gasteiger partial charge >= 0.3 is 5.97 Å². The van der Waals surface area contributed by atoms with Crippen LogP contribution in [-0.2, 0) is 4.79 Å². The molecule has 0 amide bonds. The van der Waals surface area contributed by atoms with E-state index < -0.39 is 16.3 Å². The van der Waals surface area contributed by atoms with Crippen LogP contribution >= 0.6 is 0 Å². The standard InChI is InChI=1S/C21H19NO6/c1-12-16(28-20(24)21(2,3)4)9-8-15-18(23)17(27-19(12)15)11-13-6-5-7-14(10-13)22(25)26/h5-11H,1-4H3/b17-11-. The maximum Gasteiger partial charge on any atom is 0.316 e. The molecule has 1 aliphatic rings. The highest BCUT2D eigenvalue weighted by Gasteiger charge is 2.31. The van der Waals surface area contributed by atoms with E-state index in [-0.39, 0.29) is 17.2 Å². The van der Waals surface area contributed by atoms with Gasteiger partial charge in [-0.2, -0.15) is 0 Å². The average Bonchev–Trinajstić information content (AvgIpc) is 2.93. The van der Waals surface area contributed by atoms with Gasteiger partial charge in [0.1, 0.15) is 11.5 Å². The molecule has 1 aliphatic heterocycles. The summed E-state index contributed by atoms with van der Waals surface area (Å²) in [5.41, 5.74) is 0.609. The van der Waals surface area contributed by atoms with Crippen molar-refractivity contribution in [3.05, 3.63) is 69.0 Å². The van der Waals surface area contributed by atoms with Crippen LogP contribution in [-0.4, -0.2) is 16.7 Å². The van der Waals surface area contributed by atoms with Crippen LogP contribution in [0.2, 0.25) is 0 Å². The lowest BCUT2D eigenvalue weighted by atomic mass is 9.97. The third-order valence-electron chi connectivity index (χ3n) is 4.23. The van der Waals surface area contributed by atoms with E-state index in [1.807, 2.05) is 0 Å². The molecule has 2 aromatic rings. The number of carbonyl (C=O) groups is 2. The second kappa shape index (κ2) is 6.92. The van der Waals surface area contributed by atoms with E-state index in [9.17, 15) is 19.7 Å². The highest BCUT2D eigenvalue weighted by Crippen LogP contribution is 2.39. The summed E-state index contributed by atoms with van der Waals surface area (Å²) in [6.45, 7) is 6.95. The summed E-state index contributed by atoms with van der Waals surface area (Å²) in [6.07, 6.45) is 1.45. The Hall–Kier alpha value is -3.48. The quantitative estimate of drug-likeness (QED) is 0.256. The van der Waals surface area contributed by atoms with E-state index in [1.165, 1.54) is 24.3 Å². The molecule has 0 aromatic heterocycles. The molecule has 0 fully saturated rings. The highest BCUT2D eigenvalue weighted by molar-refractivity contribution is 6.15. The Morgan fingerprint density at radius 1 is 1.21 bits per heavy atom. The summed E-state index contributed by atoms with van der Waals surface area (Å²) < 4.78 is 11.2. The lowest BCUT2D eigenvalue weighted by molar-refractivity contribution is -0.384. The van der Waals surface area contributed by atoms with E-state index in [1.54, 1.807) is 45.9 Å². The minimum absolute atomic E-state index is 0.0536. The summed E-state index contributed by atoms with van der Waals surface area (Å²) in [6, 6.07) is 9.01. The number of fused-ring (bicyclic) bond motifs is 1. The van der Waals surface area contributed by atoms with Crippen LogP contribution in [0.4, 0.5) is 5.69 Å². The summed E-state index contributed by atoms with van der Waals surface area (Å²) in [7, 11) is 0. The molecule has 144 valence electrons. The van der Waals surface area contributed by atoms with E-state index >= 15 is 0 Å². The van der Waals surface area contributed by atoms with E-state index in [2.05, 4.69) is 0 Å². The second-order valence-corrected chi connectivity index (χ2v) is 7.50. The Morgan fingerprint density at radius 3 is 2.57 bits per heavy atom. The summed E-state index contributed by atoms with van der Waals surface area (Å²) in [5, 5.41) is 10.9. The van der Waals surface area contributed by atoms with Crippen LogP contribution in [0.3, 0.4) is 0 Å². The van der Waals surface area contributed by atoms with Crippen LogP contribution in [0, 0.1) is 22.5 Å². The van der Waals surface area contributed by atoms with Gasteiger partial charge < -0.3 is 9.47 Å². The predicted molar refractivity (Wildman–Crippen MR) is 102 cm³/mol. The zero-order chi connectivity index (χ0) is 20.6. The number of nitro benzene ring substituents is 1. The van der Waals surface area contributed by atoms with Gasteiger partial charge in [-0.05, 0) is 51.5 Å². The number of carbonyl (C=O) groups excluding carboxylic acids is 2. The number of ether oxygens (including phenoxy) is 2. The summed E-state index contributed by atoms with van der Waals surface area (Å²) in [5.74, 6) is -0.0348. The normalized spacial score (nSPS) is 14.6. The van der Waals surface area contributed by atoms with E-state index in [0.717, 1.165) is 0 Å². The van der Waals surface area contributed by atoms with Crippen molar-refractivity contribution in [2.24, 2.45) is 5.41 Å². The predicted octanol–water partition coefficient (Wildman–Crippen LogP) is 4.47. The summed E-state index contributed by atoms with van der Waals surface area (Å²) in [4.78, 5) is 35.2. The van der Waals surface area contributed by atoms with Crippen molar-refractivity contribution in [3.8, 4) is 11.5 Å². The molecule has 1 heterocycles. The monoisotopic (exact) mass is 381 g/mol. The van der Waals surface area contributed by atoms with Crippen molar-refractivity contribution >= 4 is 23.5 Å². The number of Topliss-reactive ketones (excluding diaryl/α,β-unsaturated/α-hetero) is 1. The molecule has 0 N–H and O–H groups in total.